The van der Waals surface area contributed by atoms with Gasteiger partial charge in [-0.05, 0) is 75.3 Å². The molecule has 0 N–H and O–H groups in total. The molecule has 0 radical (unpaired) electrons. The fourth-order valence-corrected chi connectivity index (χ4v) is 4.54. The Hall–Kier alpha value is -0.970. The second-order valence-electron chi connectivity index (χ2n) is 7.95. The maximum absolute atomic E-state index is 6.41. The molecule has 2 aromatic carbocycles. The molecule has 2 aromatic rings. The number of nitrogens with zero attached hydrogens (tertiary/aromatic N) is 3. The van der Waals surface area contributed by atoms with Crippen molar-refractivity contribution in [2.24, 2.45) is 0 Å². The van der Waals surface area contributed by atoms with E-state index in [2.05, 4.69) is 40.9 Å². The second kappa shape index (κ2) is 10.9. The summed E-state index contributed by atoms with van der Waals surface area (Å²) < 4.78 is 0. The lowest BCUT2D eigenvalue weighted by Crippen LogP contribution is -2.42. The first-order valence-corrected chi connectivity index (χ1v) is 11.4. The van der Waals surface area contributed by atoms with E-state index in [1.165, 1.54) is 44.7 Å². The van der Waals surface area contributed by atoms with Crippen LogP contribution in [0.3, 0.4) is 0 Å². The fraction of sp³-hybridized carbons (Fsp3) is 0.478. The molecule has 2 heterocycles. The third kappa shape index (κ3) is 6.50. The summed E-state index contributed by atoms with van der Waals surface area (Å²) >= 11 is 18.4. The molecule has 2 saturated heterocycles. The normalized spacial score (nSPS) is 20.9. The Kier molecular flexibility index (Phi) is 8.52. The average Bonchev–Trinajstić information content (AvgIpc) is 2.72. The summed E-state index contributed by atoms with van der Waals surface area (Å²) in [5.41, 5.74) is 2.34. The minimum Gasteiger partial charge on any atom is -0.364 e. The van der Waals surface area contributed by atoms with E-state index < -0.39 is 0 Å². The van der Waals surface area contributed by atoms with Gasteiger partial charge in [0.1, 0.15) is 0 Å². The van der Waals surface area contributed by atoms with E-state index in [1.807, 2.05) is 30.3 Å². The summed E-state index contributed by atoms with van der Waals surface area (Å²) in [6.07, 6.45) is 3.52. The zero-order valence-electron chi connectivity index (χ0n) is 17.3. The van der Waals surface area contributed by atoms with Gasteiger partial charge in [0.05, 0.1) is 6.04 Å². The molecule has 0 amide bonds. The molecular weight excluding hydrogens is 425 g/mol. The Morgan fingerprint density at radius 2 is 1.31 bits per heavy atom. The standard InChI is InChI=1S/C17H16Cl3N.C6H14N2/c18-12-4-7-14(8-5-12)21-10-2-1-3-17(21)15-9-6-13(19)11-16(15)20;1-7-3-5-8(2)6-4-7/h4-9,11,17H,1-3,10H2;3-6H2,1-2H3. The highest BCUT2D eigenvalue weighted by Gasteiger charge is 2.26. The molecule has 0 spiro atoms. The highest BCUT2D eigenvalue weighted by Crippen LogP contribution is 2.38. The second-order valence-corrected chi connectivity index (χ2v) is 9.23. The molecule has 29 heavy (non-hydrogen) atoms. The van der Waals surface area contributed by atoms with E-state index >= 15 is 0 Å². The van der Waals surface area contributed by atoms with Crippen molar-refractivity contribution in [1.82, 2.24) is 9.80 Å². The predicted molar refractivity (Wildman–Crippen MR) is 127 cm³/mol. The highest BCUT2D eigenvalue weighted by atomic mass is 35.5. The van der Waals surface area contributed by atoms with Crippen LogP contribution in [-0.4, -0.2) is 56.6 Å². The van der Waals surface area contributed by atoms with Crippen LogP contribution in [0.1, 0.15) is 30.9 Å². The lowest BCUT2D eigenvalue weighted by Gasteiger charge is -2.38. The Labute approximate surface area is 190 Å². The smallest absolute Gasteiger partial charge is 0.0557 e. The van der Waals surface area contributed by atoms with E-state index in [-0.39, 0.29) is 0 Å². The van der Waals surface area contributed by atoms with Crippen molar-refractivity contribution in [1.29, 1.82) is 0 Å². The molecule has 1 unspecified atom stereocenters. The van der Waals surface area contributed by atoms with Crippen molar-refractivity contribution in [3.63, 3.8) is 0 Å². The van der Waals surface area contributed by atoms with Crippen LogP contribution < -0.4 is 4.90 Å². The minimum absolute atomic E-state index is 0.296. The molecule has 2 aliphatic heterocycles. The van der Waals surface area contributed by atoms with Gasteiger partial charge in [-0.15, -0.1) is 0 Å². The Morgan fingerprint density at radius 1 is 0.724 bits per heavy atom. The van der Waals surface area contributed by atoms with Gasteiger partial charge in [-0.25, -0.2) is 0 Å². The van der Waals surface area contributed by atoms with Gasteiger partial charge in [0, 0.05) is 53.5 Å². The SMILES string of the molecule is CN1CCN(C)CC1.Clc1ccc(N2CCCCC2c2ccc(Cl)cc2Cl)cc1. The van der Waals surface area contributed by atoms with Crippen molar-refractivity contribution < 1.29 is 0 Å². The van der Waals surface area contributed by atoms with Gasteiger partial charge in [-0.1, -0.05) is 40.9 Å². The van der Waals surface area contributed by atoms with E-state index in [9.17, 15) is 0 Å². The minimum atomic E-state index is 0.296. The molecular formula is C23H30Cl3N3. The summed E-state index contributed by atoms with van der Waals surface area (Å²) in [5.74, 6) is 0. The van der Waals surface area contributed by atoms with Crippen LogP contribution in [0.4, 0.5) is 5.69 Å². The van der Waals surface area contributed by atoms with Crippen LogP contribution in [0, 0.1) is 0 Å². The number of rotatable bonds is 2. The number of piperidine rings is 1. The first-order chi connectivity index (χ1) is 13.9. The zero-order chi connectivity index (χ0) is 20.8. The molecule has 2 aliphatic rings. The molecule has 0 bridgehead atoms. The average molecular weight is 455 g/mol. The quantitative estimate of drug-likeness (QED) is 0.531. The summed E-state index contributed by atoms with van der Waals surface area (Å²) in [6, 6.07) is 14.1. The number of benzene rings is 2. The van der Waals surface area contributed by atoms with E-state index in [4.69, 9.17) is 34.8 Å². The first-order valence-electron chi connectivity index (χ1n) is 10.3. The Bertz CT molecular complexity index is 763. The van der Waals surface area contributed by atoms with Crippen molar-refractivity contribution >= 4 is 40.5 Å². The molecule has 0 aliphatic carbocycles. The number of anilines is 1. The fourth-order valence-electron chi connectivity index (χ4n) is 3.87. The Balaban J connectivity index is 0.000000252. The van der Waals surface area contributed by atoms with Gasteiger partial charge in [0.25, 0.3) is 0 Å². The summed E-state index contributed by atoms with van der Waals surface area (Å²) in [6.45, 7) is 5.96. The van der Waals surface area contributed by atoms with Gasteiger partial charge in [0.15, 0.2) is 0 Å². The van der Waals surface area contributed by atoms with Gasteiger partial charge in [-0.2, -0.15) is 0 Å². The topological polar surface area (TPSA) is 9.72 Å². The number of likely N-dealkylation sites (N-methyl/N-ethyl adjacent to an activating group) is 2. The molecule has 1 atom stereocenters. The van der Waals surface area contributed by atoms with E-state index in [1.54, 1.807) is 0 Å². The molecule has 2 fully saturated rings. The molecule has 6 heteroatoms. The van der Waals surface area contributed by atoms with E-state index in [0.717, 1.165) is 28.6 Å². The number of piperazine rings is 1. The van der Waals surface area contributed by atoms with Gasteiger partial charge >= 0.3 is 0 Å². The monoisotopic (exact) mass is 453 g/mol. The molecule has 158 valence electrons. The van der Waals surface area contributed by atoms with Crippen LogP contribution in [-0.2, 0) is 0 Å². The van der Waals surface area contributed by atoms with Crippen LogP contribution in [0.2, 0.25) is 15.1 Å². The molecule has 3 nitrogen and oxygen atoms in total. The summed E-state index contributed by atoms with van der Waals surface area (Å²) in [7, 11) is 4.35. The summed E-state index contributed by atoms with van der Waals surface area (Å²) in [5, 5.41) is 2.18. The van der Waals surface area contributed by atoms with Gasteiger partial charge < -0.3 is 14.7 Å². The van der Waals surface area contributed by atoms with Crippen molar-refractivity contribution in [3.8, 4) is 0 Å². The maximum atomic E-state index is 6.41. The van der Waals surface area contributed by atoms with Crippen molar-refractivity contribution in [2.75, 3.05) is 51.7 Å². The van der Waals surface area contributed by atoms with E-state index in [0.29, 0.717) is 11.1 Å². The molecule has 0 saturated carbocycles. The van der Waals surface area contributed by atoms with Crippen LogP contribution in [0.5, 0.6) is 0 Å². The number of hydrogen-bond donors (Lipinski definition) is 0. The third-order valence-electron chi connectivity index (χ3n) is 5.71. The van der Waals surface area contributed by atoms with Crippen LogP contribution >= 0.6 is 34.8 Å². The predicted octanol–water partition coefficient (Wildman–Crippen LogP) is 6.24. The lowest BCUT2D eigenvalue weighted by atomic mass is 9.94. The van der Waals surface area contributed by atoms with Crippen LogP contribution in [0.25, 0.3) is 0 Å². The third-order valence-corrected chi connectivity index (χ3v) is 6.52. The van der Waals surface area contributed by atoms with Crippen molar-refractivity contribution in [3.05, 3.63) is 63.1 Å². The zero-order valence-corrected chi connectivity index (χ0v) is 19.5. The van der Waals surface area contributed by atoms with Crippen LogP contribution in [0.15, 0.2) is 42.5 Å². The molecule has 0 aromatic heterocycles. The number of halogens is 3. The molecule has 4 rings (SSSR count). The van der Waals surface area contributed by atoms with Gasteiger partial charge in [0.2, 0.25) is 0 Å². The lowest BCUT2D eigenvalue weighted by molar-refractivity contribution is 0.181. The largest absolute Gasteiger partial charge is 0.364 e. The van der Waals surface area contributed by atoms with Crippen molar-refractivity contribution in [2.45, 2.75) is 25.3 Å². The maximum Gasteiger partial charge on any atom is 0.0557 e. The highest BCUT2D eigenvalue weighted by molar-refractivity contribution is 6.35. The first kappa shape index (κ1) is 22.7. The summed E-state index contributed by atoms with van der Waals surface area (Å²) in [4.78, 5) is 7.13. The number of hydrogen-bond acceptors (Lipinski definition) is 3. The van der Waals surface area contributed by atoms with Gasteiger partial charge in [-0.3, -0.25) is 0 Å². The Morgan fingerprint density at radius 3 is 1.90 bits per heavy atom.